The van der Waals surface area contributed by atoms with Crippen molar-refractivity contribution < 1.29 is 13.9 Å². The summed E-state index contributed by atoms with van der Waals surface area (Å²) in [5, 5.41) is 0. The first-order chi connectivity index (χ1) is 7.20. The molecule has 1 aromatic rings. The molecule has 82 valence electrons. The second kappa shape index (κ2) is 4.04. The van der Waals surface area contributed by atoms with Crippen molar-refractivity contribution in [3.8, 4) is 0 Å². The van der Waals surface area contributed by atoms with Crippen LogP contribution in [-0.4, -0.2) is 17.6 Å². The summed E-state index contributed by atoms with van der Waals surface area (Å²) < 4.78 is 10.4. The molecule has 4 nitrogen and oxygen atoms in total. The fourth-order valence-electron chi connectivity index (χ4n) is 1.97. The lowest BCUT2D eigenvalue weighted by molar-refractivity contribution is -0.148. The van der Waals surface area contributed by atoms with Crippen molar-refractivity contribution >= 4 is 5.97 Å². The summed E-state index contributed by atoms with van der Waals surface area (Å²) in [6.07, 6.45) is 2.27. The monoisotopic (exact) mass is 209 g/mol. The van der Waals surface area contributed by atoms with Crippen LogP contribution in [-0.2, 0) is 22.4 Å². The number of rotatable bonds is 2. The van der Waals surface area contributed by atoms with Crippen LogP contribution in [0.3, 0.4) is 0 Å². The van der Waals surface area contributed by atoms with Crippen molar-refractivity contribution in [1.29, 1.82) is 0 Å². The highest BCUT2D eigenvalue weighted by Gasteiger charge is 2.28. The van der Waals surface area contributed by atoms with Gasteiger partial charge in [-0.05, 0) is 19.8 Å². The summed E-state index contributed by atoms with van der Waals surface area (Å²) in [5.74, 6) is 1.38. The minimum Gasteiger partial charge on any atom is -0.466 e. The maximum atomic E-state index is 11.5. The van der Waals surface area contributed by atoms with Crippen molar-refractivity contribution in [1.82, 2.24) is 4.98 Å². The highest BCUT2D eigenvalue weighted by Crippen LogP contribution is 2.26. The number of aryl methyl sites for hydroxylation is 2. The molecule has 1 unspecified atom stereocenters. The number of esters is 1. The summed E-state index contributed by atoms with van der Waals surface area (Å²) in [4.78, 5) is 15.8. The topological polar surface area (TPSA) is 52.3 Å². The number of ether oxygens (including phenoxy) is 1. The Labute approximate surface area is 88.6 Å². The van der Waals surface area contributed by atoms with E-state index >= 15 is 0 Å². The Hall–Kier alpha value is -1.32. The van der Waals surface area contributed by atoms with Crippen LogP contribution in [0, 0.1) is 12.8 Å². The molecule has 0 aromatic carbocycles. The first-order valence-electron chi connectivity index (χ1n) is 5.32. The van der Waals surface area contributed by atoms with Gasteiger partial charge in [0.15, 0.2) is 5.89 Å². The summed E-state index contributed by atoms with van der Waals surface area (Å²) in [6.45, 7) is 4.10. The van der Waals surface area contributed by atoms with Gasteiger partial charge >= 0.3 is 5.97 Å². The zero-order valence-electron chi connectivity index (χ0n) is 9.08. The van der Waals surface area contributed by atoms with E-state index in [-0.39, 0.29) is 11.9 Å². The lowest BCUT2D eigenvalue weighted by atomic mass is 9.90. The van der Waals surface area contributed by atoms with Crippen LogP contribution in [0.2, 0.25) is 0 Å². The quantitative estimate of drug-likeness (QED) is 0.695. The van der Waals surface area contributed by atoms with Gasteiger partial charge in [0.2, 0.25) is 0 Å². The molecule has 0 saturated heterocycles. The van der Waals surface area contributed by atoms with Gasteiger partial charge in [-0.2, -0.15) is 0 Å². The smallest absolute Gasteiger partial charge is 0.309 e. The van der Waals surface area contributed by atoms with Crippen molar-refractivity contribution in [3.05, 3.63) is 17.3 Å². The third-order valence-corrected chi connectivity index (χ3v) is 2.67. The second-order valence-electron chi connectivity index (χ2n) is 3.79. The maximum Gasteiger partial charge on any atom is 0.309 e. The zero-order valence-corrected chi connectivity index (χ0v) is 9.08. The van der Waals surface area contributed by atoms with E-state index in [1.807, 2.05) is 13.8 Å². The van der Waals surface area contributed by atoms with Gasteiger partial charge in [0.25, 0.3) is 0 Å². The average Bonchev–Trinajstić information content (AvgIpc) is 2.57. The van der Waals surface area contributed by atoms with Crippen LogP contribution in [0.1, 0.15) is 30.7 Å². The molecule has 0 bridgehead atoms. The highest BCUT2D eigenvalue weighted by molar-refractivity contribution is 5.73. The molecule has 1 heterocycles. The Bertz CT molecular complexity index is 370. The van der Waals surface area contributed by atoms with E-state index in [0.29, 0.717) is 18.9 Å². The summed E-state index contributed by atoms with van der Waals surface area (Å²) in [7, 11) is 0. The molecule has 1 aliphatic rings. The molecule has 0 amide bonds. The summed E-state index contributed by atoms with van der Waals surface area (Å²) in [5.41, 5.74) is 1.01. The molecule has 0 spiro atoms. The van der Waals surface area contributed by atoms with Gasteiger partial charge < -0.3 is 9.15 Å². The zero-order chi connectivity index (χ0) is 10.8. The number of oxazole rings is 1. The van der Waals surface area contributed by atoms with Gasteiger partial charge in [-0.3, -0.25) is 4.79 Å². The molecule has 0 saturated carbocycles. The predicted molar refractivity (Wildman–Crippen MR) is 53.4 cm³/mol. The Balaban J connectivity index is 2.08. The molecular formula is C11H15NO3. The Morgan fingerprint density at radius 3 is 3.20 bits per heavy atom. The fourth-order valence-corrected chi connectivity index (χ4v) is 1.97. The van der Waals surface area contributed by atoms with E-state index in [1.54, 1.807) is 0 Å². The molecule has 2 rings (SSSR count). The van der Waals surface area contributed by atoms with Gasteiger partial charge in [0, 0.05) is 13.3 Å². The average molecular weight is 209 g/mol. The predicted octanol–water partition coefficient (Wildman–Crippen LogP) is 1.65. The van der Waals surface area contributed by atoms with Crippen molar-refractivity contribution in [3.63, 3.8) is 0 Å². The lowest BCUT2D eigenvalue weighted by Gasteiger charge is -2.18. The molecule has 1 atom stereocenters. The first-order valence-corrected chi connectivity index (χ1v) is 5.32. The summed E-state index contributed by atoms with van der Waals surface area (Å²) in [6, 6.07) is 0. The number of nitrogens with zero attached hydrogens (tertiary/aromatic N) is 1. The second-order valence-corrected chi connectivity index (χ2v) is 3.79. The molecule has 0 N–H and O–H groups in total. The van der Waals surface area contributed by atoms with E-state index in [2.05, 4.69) is 4.98 Å². The molecule has 1 aromatic heterocycles. The van der Waals surface area contributed by atoms with Crippen molar-refractivity contribution in [2.75, 3.05) is 6.61 Å². The number of hydrogen-bond acceptors (Lipinski definition) is 4. The van der Waals surface area contributed by atoms with Crippen molar-refractivity contribution in [2.24, 2.45) is 5.92 Å². The van der Waals surface area contributed by atoms with Gasteiger partial charge in [-0.1, -0.05) is 0 Å². The normalized spacial score (nSPS) is 19.7. The number of aromatic nitrogens is 1. The van der Waals surface area contributed by atoms with Gasteiger partial charge in [-0.15, -0.1) is 0 Å². The van der Waals surface area contributed by atoms with E-state index in [1.165, 1.54) is 0 Å². The number of hydrogen-bond donors (Lipinski definition) is 0. The van der Waals surface area contributed by atoms with Gasteiger partial charge in [-0.25, -0.2) is 4.98 Å². The SMILES string of the molecule is CCOC(=O)C1CCc2nc(C)oc2C1. The molecule has 0 fully saturated rings. The van der Waals surface area contributed by atoms with E-state index in [4.69, 9.17) is 9.15 Å². The van der Waals surface area contributed by atoms with Crippen LogP contribution in [0.5, 0.6) is 0 Å². The van der Waals surface area contributed by atoms with E-state index < -0.39 is 0 Å². The van der Waals surface area contributed by atoms with Crippen LogP contribution in [0.4, 0.5) is 0 Å². The van der Waals surface area contributed by atoms with Gasteiger partial charge in [0.05, 0.1) is 18.2 Å². The molecule has 1 aliphatic carbocycles. The third kappa shape index (κ3) is 2.03. The number of fused-ring (bicyclic) bond motifs is 1. The Kier molecular flexibility index (Phi) is 2.75. The third-order valence-electron chi connectivity index (χ3n) is 2.67. The molecule has 15 heavy (non-hydrogen) atoms. The van der Waals surface area contributed by atoms with Gasteiger partial charge in [0.1, 0.15) is 5.76 Å². The van der Waals surface area contributed by atoms with Crippen LogP contribution in [0.25, 0.3) is 0 Å². The minimum atomic E-state index is -0.114. The van der Waals surface area contributed by atoms with Crippen molar-refractivity contribution in [2.45, 2.75) is 33.1 Å². The molecule has 4 heteroatoms. The molecular weight excluding hydrogens is 194 g/mol. The first kappa shape index (κ1) is 10.2. The largest absolute Gasteiger partial charge is 0.466 e. The van der Waals surface area contributed by atoms with Crippen LogP contribution < -0.4 is 0 Å². The van der Waals surface area contributed by atoms with Crippen LogP contribution >= 0.6 is 0 Å². The molecule has 0 radical (unpaired) electrons. The Morgan fingerprint density at radius 2 is 2.47 bits per heavy atom. The highest BCUT2D eigenvalue weighted by atomic mass is 16.5. The van der Waals surface area contributed by atoms with E-state index in [9.17, 15) is 4.79 Å². The summed E-state index contributed by atoms with van der Waals surface area (Å²) >= 11 is 0. The number of carbonyl (C=O) groups excluding carboxylic acids is 1. The Morgan fingerprint density at radius 1 is 1.67 bits per heavy atom. The number of carbonyl (C=O) groups is 1. The standard InChI is InChI=1S/C11H15NO3/c1-3-14-11(13)8-4-5-9-10(6-8)15-7(2)12-9/h8H,3-6H2,1-2H3. The maximum absolute atomic E-state index is 11.5. The fraction of sp³-hybridized carbons (Fsp3) is 0.636. The van der Waals surface area contributed by atoms with E-state index in [0.717, 1.165) is 24.3 Å². The van der Waals surface area contributed by atoms with Crippen LogP contribution in [0.15, 0.2) is 4.42 Å². The molecule has 0 aliphatic heterocycles. The minimum absolute atomic E-state index is 0.0511. The lowest BCUT2D eigenvalue weighted by Crippen LogP contribution is -2.24.